The molecule has 0 aromatic rings. The van der Waals surface area contributed by atoms with Gasteiger partial charge in [-0.1, -0.05) is 38.5 Å². The van der Waals surface area contributed by atoms with Crippen LogP contribution in [0.4, 0.5) is 0 Å². The number of esters is 1. The van der Waals surface area contributed by atoms with E-state index >= 15 is 0 Å². The Labute approximate surface area is 142 Å². The number of carbonyl (C=O) groups excluding carboxylic acids is 1. The van der Waals surface area contributed by atoms with Gasteiger partial charge in [0, 0.05) is 13.0 Å². The zero-order valence-corrected chi connectivity index (χ0v) is 15.3. The highest BCUT2D eigenvalue weighted by atomic mass is 16.5. The molecule has 4 nitrogen and oxygen atoms in total. The van der Waals surface area contributed by atoms with E-state index in [1.54, 1.807) is 0 Å². The predicted molar refractivity (Wildman–Crippen MR) is 94.5 cm³/mol. The highest BCUT2D eigenvalue weighted by molar-refractivity contribution is 5.69. The quantitative estimate of drug-likeness (QED) is 0.436. The number of piperidine rings is 1. The molecule has 4 heteroatoms. The lowest BCUT2D eigenvalue weighted by molar-refractivity contribution is -0.147. The smallest absolute Gasteiger partial charge is 0.306 e. The molecule has 1 saturated heterocycles. The van der Waals surface area contributed by atoms with Crippen LogP contribution in [0.25, 0.3) is 0 Å². The van der Waals surface area contributed by atoms with Crippen molar-refractivity contribution in [2.24, 2.45) is 0 Å². The summed E-state index contributed by atoms with van der Waals surface area (Å²) in [6.45, 7) is 6.96. The topological polar surface area (TPSA) is 49.8 Å². The van der Waals surface area contributed by atoms with Crippen LogP contribution >= 0.6 is 0 Å². The van der Waals surface area contributed by atoms with Gasteiger partial charge in [-0.05, 0) is 52.6 Å². The van der Waals surface area contributed by atoms with Crippen LogP contribution in [0.2, 0.25) is 0 Å². The first kappa shape index (κ1) is 20.4. The zero-order valence-electron chi connectivity index (χ0n) is 15.3. The van der Waals surface area contributed by atoms with Gasteiger partial charge in [-0.3, -0.25) is 4.79 Å². The molecule has 0 radical (unpaired) electrons. The lowest BCUT2D eigenvalue weighted by Gasteiger charge is -2.28. The highest BCUT2D eigenvalue weighted by Crippen LogP contribution is 2.13. The average molecular weight is 328 g/mol. The number of ether oxygens (including phenoxy) is 1. The molecule has 0 aliphatic carbocycles. The molecule has 1 fully saturated rings. The molecule has 1 aliphatic rings. The third-order valence-electron chi connectivity index (χ3n) is 4.45. The number of hydrogen-bond donors (Lipinski definition) is 1. The molecular weight excluding hydrogens is 290 g/mol. The molecule has 0 saturated carbocycles. The number of rotatable bonds is 12. The van der Waals surface area contributed by atoms with Crippen molar-refractivity contribution in [3.05, 3.63) is 0 Å². The summed E-state index contributed by atoms with van der Waals surface area (Å²) in [5.74, 6) is -0.0687. The molecule has 1 aliphatic heterocycles. The van der Waals surface area contributed by atoms with E-state index in [2.05, 4.69) is 4.90 Å². The minimum atomic E-state index is -0.154. The van der Waals surface area contributed by atoms with Gasteiger partial charge in [-0.15, -0.1) is 0 Å². The van der Waals surface area contributed by atoms with Gasteiger partial charge in [0.2, 0.25) is 0 Å². The maximum atomic E-state index is 11.4. The first-order valence-corrected chi connectivity index (χ1v) is 9.68. The molecule has 0 bridgehead atoms. The standard InChI is InChI=1S/C19H37NO3/c1-17(2)23-19(22)13-9-6-4-3-5-8-12-18(21)16-20-14-10-7-11-15-20/h17-18,21H,3-16H2,1-2H3. The van der Waals surface area contributed by atoms with Gasteiger partial charge in [0.1, 0.15) is 0 Å². The number of aliphatic hydroxyl groups excluding tert-OH is 1. The number of β-amino-alcohol motifs (C(OH)–C–C–N with tert-alkyl or cyclic N) is 1. The summed E-state index contributed by atoms with van der Waals surface area (Å²) in [5, 5.41) is 10.1. The molecule has 0 aromatic carbocycles. The lowest BCUT2D eigenvalue weighted by Crippen LogP contribution is -2.36. The second-order valence-electron chi connectivity index (χ2n) is 7.21. The summed E-state index contributed by atoms with van der Waals surface area (Å²) < 4.78 is 5.11. The Hall–Kier alpha value is -0.610. The largest absolute Gasteiger partial charge is 0.463 e. The van der Waals surface area contributed by atoms with Crippen LogP contribution in [0, 0.1) is 0 Å². The van der Waals surface area contributed by atoms with Crippen LogP contribution in [0.5, 0.6) is 0 Å². The SMILES string of the molecule is CC(C)OC(=O)CCCCCCCCC(O)CN1CCCCC1. The first-order valence-electron chi connectivity index (χ1n) is 9.68. The maximum absolute atomic E-state index is 11.4. The Kier molecular flexibility index (Phi) is 11.3. The number of carbonyl (C=O) groups is 1. The fraction of sp³-hybridized carbons (Fsp3) is 0.947. The normalized spacial score (nSPS) is 17.4. The van der Waals surface area contributed by atoms with E-state index in [1.807, 2.05) is 13.8 Å². The van der Waals surface area contributed by atoms with Crippen molar-refractivity contribution in [1.29, 1.82) is 0 Å². The molecule has 0 amide bonds. The van der Waals surface area contributed by atoms with E-state index < -0.39 is 0 Å². The first-order chi connectivity index (χ1) is 11.1. The third kappa shape index (κ3) is 11.5. The monoisotopic (exact) mass is 327 g/mol. The van der Waals surface area contributed by atoms with Gasteiger partial charge < -0.3 is 14.7 Å². The van der Waals surface area contributed by atoms with Crippen molar-refractivity contribution in [2.75, 3.05) is 19.6 Å². The van der Waals surface area contributed by atoms with Crippen molar-refractivity contribution in [3.63, 3.8) is 0 Å². The maximum Gasteiger partial charge on any atom is 0.306 e. The molecule has 1 unspecified atom stereocenters. The van der Waals surface area contributed by atoms with Crippen molar-refractivity contribution in [2.45, 2.75) is 96.7 Å². The fourth-order valence-electron chi connectivity index (χ4n) is 3.21. The highest BCUT2D eigenvalue weighted by Gasteiger charge is 2.14. The van der Waals surface area contributed by atoms with Gasteiger partial charge in [0.15, 0.2) is 0 Å². The number of hydrogen-bond acceptors (Lipinski definition) is 4. The summed E-state index contributed by atoms with van der Waals surface area (Å²) >= 11 is 0. The third-order valence-corrected chi connectivity index (χ3v) is 4.45. The molecule has 0 aromatic heterocycles. The van der Waals surface area contributed by atoms with Crippen LogP contribution in [0.3, 0.4) is 0 Å². The van der Waals surface area contributed by atoms with Crippen LogP contribution in [-0.2, 0) is 9.53 Å². The second kappa shape index (κ2) is 12.8. The van der Waals surface area contributed by atoms with Crippen LogP contribution in [0.1, 0.15) is 84.5 Å². The lowest BCUT2D eigenvalue weighted by atomic mass is 10.0. The van der Waals surface area contributed by atoms with Gasteiger partial charge in [-0.2, -0.15) is 0 Å². The van der Waals surface area contributed by atoms with Gasteiger partial charge in [-0.25, -0.2) is 0 Å². The molecule has 0 spiro atoms. The summed E-state index contributed by atoms with van der Waals surface area (Å²) in [5.41, 5.74) is 0. The van der Waals surface area contributed by atoms with E-state index in [0.717, 1.165) is 45.3 Å². The Morgan fingerprint density at radius 3 is 2.26 bits per heavy atom. The van der Waals surface area contributed by atoms with E-state index in [9.17, 15) is 9.90 Å². The minimum Gasteiger partial charge on any atom is -0.463 e. The Balaban J connectivity index is 1.86. The molecule has 23 heavy (non-hydrogen) atoms. The molecule has 1 rings (SSSR count). The number of likely N-dealkylation sites (tertiary alicyclic amines) is 1. The molecular formula is C19H37NO3. The van der Waals surface area contributed by atoms with E-state index in [0.29, 0.717) is 6.42 Å². The van der Waals surface area contributed by atoms with E-state index in [4.69, 9.17) is 4.74 Å². The molecule has 1 atom stereocenters. The van der Waals surface area contributed by atoms with Crippen LogP contribution < -0.4 is 0 Å². The predicted octanol–water partition coefficient (Wildman–Crippen LogP) is 3.91. The molecule has 1 heterocycles. The second-order valence-corrected chi connectivity index (χ2v) is 7.21. The van der Waals surface area contributed by atoms with Gasteiger partial charge in [0.05, 0.1) is 12.2 Å². The molecule has 136 valence electrons. The van der Waals surface area contributed by atoms with Crippen LogP contribution in [-0.4, -0.2) is 47.8 Å². The number of unbranched alkanes of at least 4 members (excludes halogenated alkanes) is 5. The average Bonchev–Trinajstić information content (AvgIpc) is 2.50. The van der Waals surface area contributed by atoms with Crippen molar-refractivity contribution in [3.8, 4) is 0 Å². The van der Waals surface area contributed by atoms with E-state index in [-0.39, 0.29) is 18.2 Å². The zero-order chi connectivity index (χ0) is 16.9. The molecule has 1 N–H and O–H groups in total. The van der Waals surface area contributed by atoms with Gasteiger partial charge >= 0.3 is 5.97 Å². The van der Waals surface area contributed by atoms with E-state index in [1.165, 1.54) is 38.5 Å². The fourth-order valence-corrected chi connectivity index (χ4v) is 3.21. The number of aliphatic hydroxyl groups is 1. The van der Waals surface area contributed by atoms with Crippen molar-refractivity contribution >= 4 is 5.97 Å². The minimum absolute atomic E-state index is 0.00105. The Morgan fingerprint density at radius 1 is 1.00 bits per heavy atom. The Morgan fingerprint density at radius 2 is 1.61 bits per heavy atom. The summed E-state index contributed by atoms with van der Waals surface area (Å²) in [7, 11) is 0. The summed E-state index contributed by atoms with van der Waals surface area (Å²) in [6, 6.07) is 0. The number of nitrogens with zero attached hydrogens (tertiary/aromatic N) is 1. The van der Waals surface area contributed by atoms with Gasteiger partial charge in [0.25, 0.3) is 0 Å². The van der Waals surface area contributed by atoms with Crippen LogP contribution in [0.15, 0.2) is 0 Å². The summed E-state index contributed by atoms with van der Waals surface area (Å²) in [6.07, 6.45) is 12.0. The Bertz CT molecular complexity index is 301. The van der Waals surface area contributed by atoms with Crippen molar-refractivity contribution < 1.29 is 14.6 Å². The summed E-state index contributed by atoms with van der Waals surface area (Å²) in [4.78, 5) is 13.8. The van der Waals surface area contributed by atoms with Crippen molar-refractivity contribution in [1.82, 2.24) is 4.90 Å².